The Kier molecular flexibility index (Phi) is 5.76. The van der Waals surface area contributed by atoms with Crippen LogP contribution in [0.2, 0.25) is 0 Å². The molecule has 1 aliphatic rings. The summed E-state index contributed by atoms with van der Waals surface area (Å²) in [6.07, 6.45) is 0.954. The van der Waals surface area contributed by atoms with Crippen molar-refractivity contribution in [3.63, 3.8) is 0 Å². The van der Waals surface area contributed by atoms with Gasteiger partial charge >= 0.3 is 0 Å². The summed E-state index contributed by atoms with van der Waals surface area (Å²) in [5.74, 6) is 1.38. The Labute approximate surface area is 175 Å². The number of carbonyl (C=O) groups excluding carboxylic acids is 1. The summed E-state index contributed by atoms with van der Waals surface area (Å²) < 4.78 is 11.1. The lowest BCUT2D eigenvalue weighted by molar-refractivity contribution is -0.121. The summed E-state index contributed by atoms with van der Waals surface area (Å²) in [7, 11) is 3.28. The Morgan fingerprint density at radius 2 is 1.55 bits per heavy atom. The van der Waals surface area contributed by atoms with Crippen molar-refractivity contribution in [3.8, 4) is 11.5 Å². The zero-order valence-electron chi connectivity index (χ0n) is 16.4. The van der Waals surface area contributed by atoms with Crippen LogP contribution in [0.25, 0.3) is 0 Å². The zero-order valence-corrected chi connectivity index (χ0v) is 17.3. The van der Waals surface area contributed by atoms with E-state index in [-0.39, 0.29) is 11.3 Å². The van der Waals surface area contributed by atoms with Crippen LogP contribution in [0.5, 0.6) is 11.5 Å². The molecule has 1 amide bonds. The second-order valence-corrected chi connectivity index (χ2v) is 8.11. The number of hydrogen-bond donors (Lipinski definition) is 0. The van der Waals surface area contributed by atoms with Crippen LogP contribution in [0.15, 0.2) is 77.7 Å². The Hall–Kier alpha value is -2.92. The van der Waals surface area contributed by atoms with Crippen molar-refractivity contribution in [2.45, 2.75) is 22.7 Å². The molecule has 3 aromatic rings. The average molecular weight is 406 g/mol. The summed E-state index contributed by atoms with van der Waals surface area (Å²) in [6.45, 7) is 0.532. The van der Waals surface area contributed by atoms with Crippen LogP contribution < -0.4 is 9.47 Å². The fourth-order valence-electron chi connectivity index (χ4n) is 3.87. The number of thioether (sulfide) groups is 1. The molecular formula is C24H23NO3S. The Balaban J connectivity index is 1.87. The van der Waals surface area contributed by atoms with E-state index >= 15 is 0 Å². The molecule has 0 saturated heterocycles. The first-order valence-electron chi connectivity index (χ1n) is 9.47. The molecule has 148 valence electrons. The van der Waals surface area contributed by atoms with Gasteiger partial charge in [-0.1, -0.05) is 48.5 Å². The summed E-state index contributed by atoms with van der Waals surface area (Å²) in [5, 5.41) is 0.0218. The molecule has 0 radical (unpaired) electrons. The number of benzene rings is 3. The summed E-state index contributed by atoms with van der Waals surface area (Å²) in [6, 6.07) is 24.5. The van der Waals surface area contributed by atoms with Gasteiger partial charge in [0.25, 0.3) is 0 Å². The molecule has 3 aromatic carbocycles. The molecule has 5 heteroatoms. The molecule has 1 aliphatic heterocycles. The van der Waals surface area contributed by atoms with Gasteiger partial charge in [0, 0.05) is 11.4 Å². The van der Waals surface area contributed by atoms with E-state index in [0.29, 0.717) is 18.0 Å². The molecule has 0 aromatic heterocycles. The Morgan fingerprint density at radius 1 is 0.931 bits per heavy atom. The molecule has 4 nitrogen and oxygen atoms in total. The van der Waals surface area contributed by atoms with Crippen molar-refractivity contribution in [2.75, 3.05) is 14.2 Å². The molecule has 0 bridgehead atoms. The van der Waals surface area contributed by atoms with E-state index in [1.807, 2.05) is 47.4 Å². The molecule has 4 rings (SSSR count). The highest BCUT2D eigenvalue weighted by Gasteiger charge is 2.37. The van der Waals surface area contributed by atoms with Crippen LogP contribution >= 0.6 is 11.8 Å². The number of methoxy groups -OCH3 is 2. The summed E-state index contributed by atoms with van der Waals surface area (Å²) >= 11 is 1.77. The maximum absolute atomic E-state index is 12.1. The maximum Gasteiger partial charge on any atom is 0.210 e. The Morgan fingerprint density at radius 3 is 2.17 bits per heavy atom. The van der Waals surface area contributed by atoms with Crippen molar-refractivity contribution in [1.82, 2.24) is 4.90 Å². The first kappa shape index (κ1) is 19.4. The van der Waals surface area contributed by atoms with Gasteiger partial charge in [-0.25, -0.2) is 0 Å². The quantitative estimate of drug-likeness (QED) is 0.525. The van der Waals surface area contributed by atoms with Gasteiger partial charge in [0.2, 0.25) is 6.41 Å². The topological polar surface area (TPSA) is 38.8 Å². The number of amides is 1. The minimum absolute atomic E-state index is 0.0218. The van der Waals surface area contributed by atoms with Crippen LogP contribution in [0.3, 0.4) is 0 Å². The minimum Gasteiger partial charge on any atom is -0.493 e. The molecule has 2 atom stereocenters. The van der Waals surface area contributed by atoms with Crippen LogP contribution in [0.4, 0.5) is 0 Å². The fourth-order valence-corrected chi connectivity index (χ4v) is 5.27. The van der Waals surface area contributed by atoms with E-state index in [1.165, 1.54) is 5.56 Å². The van der Waals surface area contributed by atoms with Gasteiger partial charge in [-0.2, -0.15) is 0 Å². The molecule has 0 spiro atoms. The minimum atomic E-state index is -0.0792. The molecular weight excluding hydrogens is 382 g/mol. The molecule has 0 aliphatic carbocycles. The number of ether oxygens (including phenoxy) is 2. The number of hydrogen-bond acceptors (Lipinski definition) is 4. The van der Waals surface area contributed by atoms with Gasteiger partial charge in [0.15, 0.2) is 11.5 Å². The summed E-state index contributed by atoms with van der Waals surface area (Å²) in [5.41, 5.74) is 3.37. The van der Waals surface area contributed by atoms with E-state index in [9.17, 15) is 4.79 Å². The molecule has 29 heavy (non-hydrogen) atoms. The molecule has 0 unspecified atom stereocenters. The van der Waals surface area contributed by atoms with E-state index in [1.54, 1.807) is 26.0 Å². The van der Waals surface area contributed by atoms with Gasteiger partial charge in [-0.15, -0.1) is 11.8 Å². The van der Waals surface area contributed by atoms with Crippen molar-refractivity contribution < 1.29 is 14.3 Å². The number of nitrogens with zero attached hydrogens (tertiary/aromatic N) is 1. The smallest absolute Gasteiger partial charge is 0.210 e. The highest BCUT2D eigenvalue weighted by molar-refractivity contribution is 7.99. The highest BCUT2D eigenvalue weighted by Crippen LogP contribution is 2.52. The number of rotatable bonds is 6. The fraction of sp³-hybridized carbons (Fsp3) is 0.208. The second kappa shape index (κ2) is 8.62. The monoisotopic (exact) mass is 405 g/mol. The third-order valence-corrected chi connectivity index (χ3v) is 6.54. The number of carbonyl (C=O) groups is 1. The SMILES string of the molecule is COc1cc2c(cc1OC)[C@H](Sc1ccccc1)[C@@H](c1ccccc1)N(C=O)C2. The average Bonchev–Trinajstić information content (AvgIpc) is 2.79. The molecule has 1 heterocycles. The first-order chi connectivity index (χ1) is 14.2. The maximum atomic E-state index is 12.1. The molecule has 0 N–H and O–H groups in total. The van der Waals surface area contributed by atoms with Crippen molar-refractivity contribution in [1.29, 1.82) is 0 Å². The second-order valence-electron chi connectivity index (χ2n) is 6.89. The third-order valence-electron chi connectivity index (χ3n) is 5.23. The van der Waals surface area contributed by atoms with Crippen molar-refractivity contribution in [2.24, 2.45) is 0 Å². The van der Waals surface area contributed by atoms with Gasteiger partial charge in [0.05, 0.1) is 25.5 Å². The summed E-state index contributed by atoms with van der Waals surface area (Å²) in [4.78, 5) is 15.1. The standard InChI is InChI=1S/C24H23NO3S/c1-27-21-13-18-15-25(16-26)23(17-9-5-3-6-10-17)24(20(18)14-22(21)28-2)29-19-11-7-4-8-12-19/h3-14,16,23-24H,15H2,1-2H3/t23-,24+/m1/s1. The normalized spacial score (nSPS) is 18.1. The van der Waals surface area contributed by atoms with Crippen LogP contribution in [-0.2, 0) is 11.3 Å². The van der Waals surface area contributed by atoms with E-state index in [0.717, 1.165) is 22.4 Å². The van der Waals surface area contributed by atoms with Gasteiger partial charge < -0.3 is 14.4 Å². The lowest BCUT2D eigenvalue weighted by Gasteiger charge is -2.41. The van der Waals surface area contributed by atoms with Crippen LogP contribution in [0.1, 0.15) is 28.0 Å². The number of fused-ring (bicyclic) bond motifs is 1. The lowest BCUT2D eigenvalue weighted by atomic mass is 9.89. The molecule has 0 fully saturated rings. The van der Waals surface area contributed by atoms with Crippen LogP contribution in [0, 0.1) is 0 Å². The predicted octanol–water partition coefficient (Wildman–Crippen LogP) is 5.25. The van der Waals surface area contributed by atoms with E-state index in [2.05, 4.69) is 30.3 Å². The van der Waals surface area contributed by atoms with Gasteiger partial charge in [-0.3, -0.25) is 4.79 Å². The van der Waals surface area contributed by atoms with Crippen molar-refractivity contribution in [3.05, 3.63) is 89.5 Å². The predicted molar refractivity (Wildman–Crippen MR) is 115 cm³/mol. The van der Waals surface area contributed by atoms with E-state index < -0.39 is 0 Å². The third kappa shape index (κ3) is 3.83. The van der Waals surface area contributed by atoms with Crippen molar-refractivity contribution >= 4 is 18.2 Å². The largest absolute Gasteiger partial charge is 0.493 e. The first-order valence-corrected chi connectivity index (χ1v) is 10.4. The zero-order chi connectivity index (χ0) is 20.2. The Bertz CT molecular complexity index is 978. The highest BCUT2D eigenvalue weighted by atomic mass is 32.2. The van der Waals surface area contributed by atoms with Gasteiger partial charge in [-0.05, 0) is 41.0 Å². The van der Waals surface area contributed by atoms with E-state index in [4.69, 9.17) is 9.47 Å². The van der Waals surface area contributed by atoms with Crippen LogP contribution in [-0.4, -0.2) is 25.5 Å². The lowest BCUT2D eigenvalue weighted by Crippen LogP contribution is -2.35. The molecule has 0 saturated carbocycles. The van der Waals surface area contributed by atoms with Gasteiger partial charge in [0.1, 0.15) is 0 Å².